The highest BCUT2D eigenvalue weighted by Gasteiger charge is 2.30. The quantitative estimate of drug-likeness (QED) is 0.570. The molecule has 0 fully saturated rings. The summed E-state index contributed by atoms with van der Waals surface area (Å²) in [5.41, 5.74) is -0.848. The molecular formula is C9H9F3. The van der Waals surface area contributed by atoms with Crippen LogP contribution in [0.5, 0.6) is 0 Å². The van der Waals surface area contributed by atoms with Crippen LogP contribution in [0.25, 0.3) is 0 Å². The maximum absolute atomic E-state index is 12.3. The molecular weight excluding hydrogens is 165 g/mol. The fraction of sp³-hybridized carbons (Fsp3) is 0.333. The highest BCUT2D eigenvalue weighted by atomic mass is 19.4. The van der Waals surface area contributed by atoms with Crippen molar-refractivity contribution < 1.29 is 17.3 Å². The highest BCUT2D eigenvalue weighted by Crippen LogP contribution is 2.30. The van der Waals surface area contributed by atoms with E-state index in [1.165, 1.54) is 13.0 Å². The van der Waals surface area contributed by atoms with Crippen LogP contribution in [0, 0.1) is 13.8 Å². The second-order valence-corrected chi connectivity index (χ2v) is 2.53. The molecule has 0 radical (unpaired) electrons. The molecule has 0 atom stereocenters. The van der Waals surface area contributed by atoms with Crippen molar-refractivity contribution in [2.75, 3.05) is 0 Å². The molecule has 0 heterocycles. The van der Waals surface area contributed by atoms with Gasteiger partial charge in [-0.15, -0.1) is 0 Å². The van der Waals surface area contributed by atoms with E-state index in [-0.39, 0.29) is 5.56 Å². The van der Waals surface area contributed by atoms with E-state index in [2.05, 4.69) is 0 Å². The largest absolute Gasteiger partial charge is 0.416 e. The van der Waals surface area contributed by atoms with Crippen LogP contribution in [0.3, 0.4) is 0 Å². The van der Waals surface area contributed by atoms with Gasteiger partial charge in [0.2, 0.25) is 0 Å². The van der Waals surface area contributed by atoms with Crippen LogP contribution in [-0.2, 0) is 6.18 Å². The Bertz CT molecular complexity index is 366. The van der Waals surface area contributed by atoms with E-state index in [0.717, 1.165) is 6.07 Å². The molecule has 66 valence electrons. The second kappa shape index (κ2) is 2.81. The summed E-state index contributed by atoms with van der Waals surface area (Å²) in [6.07, 6.45) is -4.51. The monoisotopic (exact) mass is 177 g/mol. The minimum Gasteiger partial charge on any atom is -0.166 e. The van der Waals surface area contributed by atoms with Gasteiger partial charge in [0, 0.05) is 4.11 Å². The van der Waals surface area contributed by atoms with Gasteiger partial charge in [-0.1, -0.05) is 6.07 Å². The van der Waals surface area contributed by atoms with Gasteiger partial charge in [-0.3, -0.25) is 0 Å². The Hall–Kier alpha value is -0.990. The number of benzene rings is 1. The van der Waals surface area contributed by atoms with Crippen LogP contribution in [0.15, 0.2) is 18.2 Å². The molecule has 0 N–H and O–H groups in total. The van der Waals surface area contributed by atoms with E-state index in [0.29, 0.717) is 11.6 Å². The molecule has 1 aromatic rings. The molecule has 0 spiro atoms. The van der Waals surface area contributed by atoms with Crippen molar-refractivity contribution in [3.05, 3.63) is 34.9 Å². The first kappa shape index (κ1) is 5.62. The number of halogens is 3. The SMILES string of the molecule is [2H]C([2H])([2H])c1cc(C(F)(F)F)ccc1C. The summed E-state index contributed by atoms with van der Waals surface area (Å²) in [4.78, 5) is 0. The predicted molar refractivity (Wildman–Crippen MR) is 40.9 cm³/mol. The van der Waals surface area contributed by atoms with Gasteiger partial charge in [0.1, 0.15) is 0 Å². The summed E-state index contributed by atoms with van der Waals surface area (Å²) in [5.74, 6) is 0. The van der Waals surface area contributed by atoms with Crippen LogP contribution in [-0.4, -0.2) is 0 Å². The number of rotatable bonds is 0. The van der Waals surface area contributed by atoms with Crippen LogP contribution < -0.4 is 0 Å². The topological polar surface area (TPSA) is 0 Å². The number of hydrogen-bond donors (Lipinski definition) is 0. The van der Waals surface area contributed by atoms with Gasteiger partial charge >= 0.3 is 6.18 Å². The molecule has 3 heteroatoms. The molecule has 12 heavy (non-hydrogen) atoms. The summed E-state index contributed by atoms with van der Waals surface area (Å²) in [6.45, 7) is -1.03. The first-order valence-electron chi connectivity index (χ1n) is 4.80. The zero-order chi connectivity index (χ0) is 11.9. The molecule has 0 saturated carbocycles. The zero-order valence-electron chi connectivity index (χ0n) is 9.37. The van der Waals surface area contributed by atoms with Gasteiger partial charge in [0.05, 0.1) is 5.56 Å². The Balaban J connectivity index is 3.30. The predicted octanol–water partition coefficient (Wildman–Crippen LogP) is 3.32. The molecule has 0 nitrogen and oxygen atoms in total. The van der Waals surface area contributed by atoms with E-state index in [1.54, 1.807) is 0 Å². The molecule has 1 aromatic carbocycles. The van der Waals surface area contributed by atoms with Gasteiger partial charge in [-0.05, 0) is 37.0 Å². The number of hydrogen-bond acceptors (Lipinski definition) is 0. The van der Waals surface area contributed by atoms with Gasteiger partial charge in [0.15, 0.2) is 0 Å². The van der Waals surface area contributed by atoms with Crippen LogP contribution in [0.2, 0.25) is 0 Å². The van der Waals surface area contributed by atoms with Crippen LogP contribution in [0.1, 0.15) is 20.8 Å². The molecule has 0 aromatic heterocycles. The van der Waals surface area contributed by atoms with E-state index in [4.69, 9.17) is 4.11 Å². The van der Waals surface area contributed by atoms with E-state index >= 15 is 0 Å². The van der Waals surface area contributed by atoms with Crippen LogP contribution in [0.4, 0.5) is 13.2 Å². The molecule has 0 amide bonds. The Labute approximate surface area is 73.2 Å². The molecule has 0 aliphatic carbocycles. The van der Waals surface area contributed by atoms with Crippen molar-refractivity contribution in [3.8, 4) is 0 Å². The lowest BCUT2D eigenvalue weighted by Gasteiger charge is -2.08. The van der Waals surface area contributed by atoms with Crippen LogP contribution >= 0.6 is 0 Å². The standard InChI is InChI=1S/C9H9F3/c1-6-3-4-8(5-7(6)2)9(10,11)12/h3-5H,1-2H3/i2D3. The normalized spacial score (nSPS) is 16.5. The van der Waals surface area contributed by atoms with E-state index in [1.807, 2.05) is 0 Å². The lowest BCUT2D eigenvalue weighted by atomic mass is 10.1. The van der Waals surface area contributed by atoms with E-state index in [9.17, 15) is 13.2 Å². The summed E-state index contributed by atoms with van der Waals surface area (Å²) in [7, 11) is 0. The van der Waals surface area contributed by atoms with Crippen molar-refractivity contribution in [2.24, 2.45) is 0 Å². The van der Waals surface area contributed by atoms with Crippen molar-refractivity contribution in [3.63, 3.8) is 0 Å². The van der Waals surface area contributed by atoms with E-state index < -0.39 is 18.6 Å². The van der Waals surface area contributed by atoms with Crippen molar-refractivity contribution in [1.29, 1.82) is 0 Å². The van der Waals surface area contributed by atoms with Crippen molar-refractivity contribution in [2.45, 2.75) is 20.0 Å². The minimum atomic E-state index is -4.51. The molecule has 0 aliphatic rings. The molecule has 0 unspecified atom stereocenters. The summed E-state index contributed by atoms with van der Waals surface area (Å²) in [5, 5.41) is 0. The highest BCUT2D eigenvalue weighted by molar-refractivity contribution is 5.31. The maximum Gasteiger partial charge on any atom is 0.416 e. The average molecular weight is 177 g/mol. The minimum absolute atomic E-state index is 0.252. The first-order chi connectivity index (χ1) is 6.62. The fourth-order valence-corrected chi connectivity index (χ4v) is 0.798. The van der Waals surface area contributed by atoms with Crippen molar-refractivity contribution >= 4 is 0 Å². The maximum atomic E-state index is 12.3. The molecule has 0 aliphatic heterocycles. The lowest BCUT2D eigenvalue weighted by Crippen LogP contribution is -2.05. The van der Waals surface area contributed by atoms with Gasteiger partial charge in [0.25, 0.3) is 0 Å². The Morgan fingerprint density at radius 1 is 1.25 bits per heavy atom. The molecule has 0 bridgehead atoms. The van der Waals surface area contributed by atoms with Gasteiger partial charge < -0.3 is 0 Å². The summed E-state index contributed by atoms with van der Waals surface area (Å²) >= 11 is 0. The first-order valence-corrected chi connectivity index (χ1v) is 3.30. The number of aryl methyl sites for hydroxylation is 2. The number of alkyl halides is 3. The fourth-order valence-electron chi connectivity index (χ4n) is 0.798. The Kier molecular flexibility index (Phi) is 1.32. The van der Waals surface area contributed by atoms with Gasteiger partial charge in [-0.25, -0.2) is 0 Å². The lowest BCUT2D eigenvalue weighted by molar-refractivity contribution is -0.137. The summed E-state index contributed by atoms with van der Waals surface area (Å²) < 4.78 is 58.2. The molecule has 1 rings (SSSR count). The smallest absolute Gasteiger partial charge is 0.166 e. The summed E-state index contributed by atoms with van der Waals surface area (Å²) in [6, 6.07) is 2.73. The van der Waals surface area contributed by atoms with Gasteiger partial charge in [-0.2, -0.15) is 13.2 Å². The second-order valence-electron chi connectivity index (χ2n) is 2.53. The zero-order valence-corrected chi connectivity index (χ0v) is 6.37. The third kappa shape index (κ3) is 1.78. The van der Waals surface area contributed by atoms with Crippen molar-refractivity contribution in [1.82, 2.24) is 0 Å². The molecule has 0 saturated heterocycles. The Morgan fingerprint density at radius 2 is 1.92 bits per heavy atom. The average Bonchev–Trinajstić information content (AvgIpc) is 2.00. The Morgan fingerprint density at radius 3 is 2.42 bits per heavy atom. The third-order valence-electron chi connectivity index (χ3n) is 1.56. The third-order valence-corrected chi connectivity index (χ3v) is 1.56.